The van der Waals surface area contributed by atoms with E-state index in [9.17, 15) is 19.2 Å². The van der Waals surface area contributed by atoms with Crippen molar-refractivity contribution in [3.05, 3.63) is 29.8 Å². The zero-order valence-electron chi connectivity index (χ0n) is 22.4. The smallest absolute Gasteiger partial charge is 0.320 e. The molecule has 1 aromatic rings. The van der Waals surface area contributed by atoms with E-state index in [1.54, 1.807) is 21.9 Å². The van der Waals surface area contributed by atoms with E-state index in [-0.39, 0.29) is 42.1 Å². The molecule has 4 heterocycles. The van der Waals surface area contributed by atoms with Gasteiger partial charge in [-0.25, -0.2) is 4.79 Å². The number of nitrogens with zero attached hydrogens (tertiary/aromatic N) is 4. The third-order valence-electron chi connectivity index (χ3n) is 8.14. The largest absolute Gasteiger partial charge is 0.378 e. The van der Waals surface area contributed by atoms with E-state index in [0.29, 0.717) is 38.2 Å². The summed E-state index contributed by atoms with van der Waals surface area (Å²) in [5.41, 5.74) is 1.53. The highest BCUT2D eigenvalue weighted by Crippen LogP contribution is 2.32. The van der Waals surface area contributed by atoms with Gasteiger partial charge < -0.3 is 29.7 Å². The fourth-order valence-electron chi connectivity index (χ4n) is 6.20. The quantitative estimate of drug-likeness (QED) is 0.607. The molecule has 0 radical (unpaired) electrons. The molecular weight excluding hydrogens is 486 g/mol. The molecule has 4 saturated heterocycles. The van der Waals surface area contributed by atoms with E-state index in [4.69, 9.17) is 4.74 Å². The van der Waals surface area contributed by atoms with Gasteiger partial charge in [-0.05, 0) is 55.9 Å². The summed E-state index contributed by atoms with van der Waals surface area (Å²) < 4.78 is 5.41. The maximum Gasteiger partial charge on any atom is 0.320 e. The van der Waals surface area contributed by atoms with Crippen LogP contribution in [0.3, 0.4) is 0 Å². The zero-order valence-corrected chi connectivity index (χ0v) is 22.4. The maximum absolute atomic E-state index is 13.8. The van der Waals surface area contributed by atoms with Crippen LogP contribution >= 0.6 is 0 Å². The van der Waals surface area contributed by atoms with E-state index < -0.39 is 12.1 Å². The van der Waals surface area contributed by atoms with Crippen molar-refractivity contribution in [2.75, 3.05) is 57.4 Å². The first-order valence-electron chi connectivity index (χ1n) is 14.0. The minimum atomic E-state index is -0.740. The van der Waals surface area contributed by atoms with Gasteiger partial charge in [-0.15, -0.1) is 0 Å². The highest BCUT2D eigenvalue weighted by atomic mass is 16.5. The van der Waals surface area contributed by atoms with Crippen LogP contribution in [0.2, 0.25) is 0 Å². The second-order valence-corrected chi connectivity index (χ2v) is 11.2. The number of ketones is 1. The second-order valence-electron chi connectivity index (χ2n) is 11.2. The number of hydrogen-bond donors (Lipinski definition) is 1. The topological polar surface area (TPSA) is 103 Å². The van der Waals surface area contributed by atoms with Crippen LogP contribution in [-0.2, 0) is 14.3 Å². The van der Waals surface area contributed by atoms with Crippen LogP contribution in [0.1, 0.15) is 49.9 Å². The first kappa shape index (κ1) is 26.5. The van der Waals surface area contributed by atoms with Gasteiger partial charge in [0.2, 0.25) is 5.91 Å². The number of morpholine rings is 1. The summed E-state index contributed by atoms with van der Waals surface area (Å²) in [5.74, 6) is -0.481. The fraction of sp³-hybridized carbons (Fsp3) is 0.643. The maximum atomic E-state index is 13.8. The number of carbonyl (C=O) groups is 4. The lowest BCUT2D eigenvalue weighted by molar-refractivity contribution is -0.138. The van der Waals surface area contributed by atoms with Crippen LogP contribution in [0.4, 0.5) is 10.5 Å². The van der Waals surface area contributed by atoms with Crippen LogP contribution < -0.4 is 10.2 Å². The van der Waals surface area contributed by atoms with Gasteiger partial charge in [0.1, 0.15) is 12.1 Å². The van der Waals surface area contributed by atoms with Crippen molar-refractivity contribution in [2.45, 2.75) is 57.7 Å². The molecule has 1 N–H and O–H groups in total. The lowest BCUT2D eigenvalue weighted by atomic mass is 10.0. The van der Waals surface area contributed by atoms with Crippen molar-refractivity contribution >= 4 is 29.3 Å². The Hall–Kier alpha value is -3.14. The lowest BCUT2D eigenvalue weighted by Crippen LogP contribution is -2.53. The Morgan fingerprint density at radius 3 is 2.32 bits per heavy atom. The van der Waals surface area contributed by atoms with E-state index in [1.165, 1.54) is 0 Å². The number of benzene rings is 1. The predicted molar refractivity (Wildman–Crippen MR) is 142 cm³/mol. The molecule has 0 saturated carbocycles. The molecule has 5 rings (SSSR count). The van der Waals surface area contributed by atoms with Crippen LogP contribution in [0.15, 0.2) is 24.3 Å². The van der Waals surface area contributed by atoms with Gasteiger partial charge in [0.15, 0.2) is 5.78 Å². The monoisotopic (exact) mass is 525 g/mol. The molecule has 3 atom stereocenters. The Bertz CT molecular complexity index is 1050. The summed E-state index contributed by atoms with van der Waals surface area (Å²) in [4.78, 5) is 60.3. The fourth-order valence-corrected chi connectivity index (χ4v) is 6.20. The molecule has 0 aromatic heterocycles. The number of fused-ring (bicyclic) bond motifs is 1. The summed E-state index contributed by atoms with van der Waals surface area (Å²) in [6, 6.07) is 5.66. The highest BCUT2D eigenvalue weighted by molar-refractivity contribution is 6.00. The molecule has 4 amide bonds. The number of carbonyl (C=O) groups excluding carboxylic acids is 4. The van der Waals surface area contributed by atoms with E-state index in [2.05, 4.69) is 10.2 Å². The average molecular weight is 526 g/mol. The summed E-state index contributed by atoms with van der Waals surface area (Å²) in [5, 5.41) is 2.95. The number of hydrogen-bond acceptors (Lipinski definition) is 6. The molecular formula is C28H39N5O5. The predicted octanol–water partition coefficient (Wildman–Crippen LogP) is 1.74. The third-order valence-corrected chi connectivity index (χ3v) is 8.14. The van der Waals surface area contributed by atoms with Crippen molar-refractivity contribution in [2.24, 2.45) is 5.92 Å². The van der Waals surface area contributed by atoms with E-state index >= 15 is 0 Å². The number of ether oxygens (including phenoxy) is 1. The average Bonchev–Trinajstić information content (AvgIpc) is 3.67. The van der Waals surface area contributed by atoms with Crippen molar-refractivity contribution in [3.63, 3.8) is 0 Å². The summed E-state index contributed by atoms with van der Waals surface area (Å²) in [6.07, 6.45) is 3.01. The second kappa shape index (κ2) is 11.3. The third kappa shape index (κ3) is 5.36. The molecule has 0 aliphatic carbocycles. The van der Waals surface area contributed by atoms with Gasteiger partial charge in [-0.1, -0.05) is 13.8 Å². The van der Waals surface area contributed by atoms with Crippen molar-refractivity contribution < 1.29 is 23.9 Å². The number of Topliss-reactive ketones (excluding diaryl/α,β-unsaturated/α-hetero) is 1. The van der Waals surface area contributed by atoms with E-state index in [0.717, 1.165) is 44.7 Å². The molecule has 0 bridgehead atoms. The summed E-state index contributed by atoms with van der Waals surface area (Å²) in [6.45, 7) is 8.91. The minimum Gasteiger partial charge on any atom is -0.378 e. The number of anilines is 1. The number of rotatable bonds is 6. The van der Waals surface area contributed by atoms with Crippen molar-refractivity contribution in [1.82, 2.24) is 20.0 Å². The van der Waals surface area contributed by atoms with Crippen LogP contribution in [0.25, 0.3) is 0 Å². The van der Waals surface area contributed by atoms with Gasteiger partial charge in [0.25, 0.3) is 5.91 Å². The number of nitrogens with one attached hydrogen (secondary N) is 1. The number of urea groups is 1. The summed E-state index contributed by atoms with van der Waals surface area (Å²) in [7, 11) is 0. The first-order valence-corrected chi connectivity index (χ1v) is 14.0. The molecule has 38 heavy (non-hydrogen) atoms. The van der Waals surface area contributed by atoms with Gasteiger partial charge >= 0.3 is 6.03 Å². The Morgan fingerprint density at radius 2 is 1.66 bits per heavy atom. The molecule has 0 spiro atoms. The molecule has 4 aliphatic rings. The van der Waals surface area contributed by atoms with Gasteiger partial charge in [0.05, 0.1) is 25.8 Å². The Labute approximate surface area is 224 Å². The SMILES string of the molecule is CC(C)CC(NC(=O)c1ccc(N2CCOCC2)cc1)C(=O)N1CCC2C1C(=O)CN2C(=O)N1CCCC1. The number of amides is 4. The van der Waals surface area contributed by atoms with Crippen LogP contribution in [0.5, 0.6) is 0 Å². The molecule has 4 fully saturated rings. The van der Waals surface area contributed by atoms with Crippen molar-refractivity contribution in [1.29, 1.82) is 0 Å². The molecule has 1 aromatic carbocycles. The lowest BCUT2D eigenvalue weighted by Gasteiger charge is -2.30. The van der Waals surface area contributed by atoms with Crippen molar-refractivity contribution in [3.8, 4) is 0 Å². The zero-order chi connectivity index (χ0) is 26.8. The standard InChI is InChI=1S/C28H39N5O5/c1-19(2)17-22(29-26(35)20-5-7-21(8-6-20)30-13-15-38-16-14-30)27(36)32-12-9-23-25(32)24(34)18-33(23)28(37)31-10-3-4-11-31/h5-8,19,22-23,25H,3-4,9-18H2,1-2H3,(H,29,35). The highest BCUT2D eigenvalue weighted by Gasteiger charge is 2.53. The first-order chi connectivity index (χ1) is 18.3. The Morgan fingerprint density at radius 1 is 0.974 bits per heavy atom. The van der Waals surface area contributed by atoms with Gasteiger partial charge in [-0.2, -0.15) is 0 Å². The van der Waals surface area contributed by atoms with Crippen LogP contribution in [0, 0.1) is 5.92 Å². The Kier molecular flexibility index (Phi) is 7.88. The molecule has 10 nitrogen and oxygen atoms in total. The van der Waals surface area contributed by atoms with Gasteiger partial charge in [0, 0.05) is 44.0 Å². The minimum absolute atomic E-state index is 0.0468. The molecule has 3 unspecified atom stereocenters. The van der Waals surface area contributed by atoms with Gasteiger partial charge in [-0.3, -0.25) is 14.4 Å². The van der Waals surface area contributed by atoms with E-state index in [1.807, 2.05) is 30.9 Å². The Balaban J connectivity index is 1.26. The molecule has 206 valence electrons. The molecule has 4 aliphatic heterocycles. The molecule has 10 heteroatoms. The normalized spacial score (nSPS) is 24.2. The van der Waals surface area contributed by atoms with Crippen LogP contribution in [-0.4, -0.2) is 109 Å². The summed E-state index contributed by atoms with van der Waals surface area (Å²) >= 11 is 0. The number of likely N-dealkylation sites (tertiary alicyclic amines) is 3.